The predicted molar refractivity (Wildman–Crippen MR) is 102 cm³/mol. The summed E-state index contributed by atoms with van der Waals surface area (Å²) in [7, 11) is -3.56. The molecule has 0 amide bonds. The molecule has 0 spiro atoms. The van der Waals surface area contributed by atoms with E-state index in [0.717, 1.165) is 11.1 Å². The van der Waals surface area contributed by atoms with E-state index < -0.39 is 10.0 Å². The molecule has 3 aromatic rings. The summed E-state index contributed by atoms with van der Waals surface area (Å²) < 4.78 is 33.9. The maximum Gasteiger partial charge on any atom is 0.243 e. The molecule has 1 aliphatic heterocycles. The smallest absolute Gasteiger partial charge is 0.243 e. The van der Waals surface area contributed by atoms with Crippen LogP contribution < -0.4 is 0 Å². The third-order valence-corrected chi connectivity index (χ3v) is 6.72. The molecule has 2 aromatic heterocycles. The molecule has 6 nitrogen and oxygen atoms in total. The number of ether oxygens (including phenoxy) is 1. The highest BCUT2D eigenvalue weighted by atomic mass is 32.2. The third kappa shape index (κ3) is 3.18. The molecule has 1 fully saturated rings. The quantitative estimate of drug-likeness (QED) is 0.648. The molecule has 3 heterocycles. The van der Waals surface area contributed by atoms with Crippen LogP contribution in [0.4, 0.5) is 0 Å². The molecule has 0 N–H and O–H groups in total. The highest BCUT2D eigenvalue weighted by Crippen LogP contribution is 2.22. The van der Waals surface area contributed by atoms with Crippen LogP contribution in [0.5, 0.6) is 0 Å². The lowest BCUT2D eigenvalue weighted by atomic mass is 10.1. The van der Waals surface area contributed by atoms with Crippen molar-refractivity contribution in [2.45, 2.75) is 11.8 Å². The maximum atomic E-state index is 13.0. The molecular formula is C20H20N2O4S. The Kier molecular flexibility index (Phi) is 4.59. The van der Waals surface area contributed by atoms with E-state index >= 15 is 0 Å². The summed E-state index contributed by atoms with van der Waals surface area (Å²) in [4.78, 5) is 13.2. The SMILES string of the molecule is Cc1cc2ccccn2c1C(=O)c1ccc(S(=O)(=O)N2CCOCC2)cc1. The number of carbonyl (C=O) groups is 1. The average molecular weight is 384 g/mol. The van der Waals surface area contributed by atoms with Crippen molar-refractivity contribution in [2.75, 3.05) is 26.3 Å². The lowest BCUT2D eigenvalue weighted by molar-refractivity contribution is 0.0730. The van der Waals surface area contributed by atoms with Gasteiger partial charge in [0.15, 0.2) is 0 Å². The zero-order chi connectivity index (χ0) is 19.0. The van der Waals surface area contributed by atoms with Gasteiger partial charge < -0.3 is 9.14 Å². The van der Waals surface area contributed by atoms with Crippen molar-refractivity contribution in [3.05, 3.63) is 71.5 Å². The first-order valence-electron chi connectivity index (χ1n) is 8.78. The molecule has 7 heteroatoms. The highest BCUT2D eigenvalue weighted by Gasteiger charge is 2.26. The normalized spacial score (nSPS) is 15.9. The van der Waals surface area contributed by atoms with Crippen molar-refractivity contribution in [1.29, 1.82) is 0 Å². The van der Waals surface area contributed by atoms with E-state index in [0.29, 0.717) is 37.6 Å². The minimum absolute atomic E-state index is 0.131. The number of hydrogen-bond donors (Lipinski definition) is 0. The molecule has 4 rings (SSSR count). The summed E-state index contributed by atoms with van der Waals surface area (Å²) in [5.41, 5.74) is 2.89. The number of aryl methyl sites for hydroxylation is 1. The number of ketones is 1. The van der Waals surface area contributed by atoms with Crippen LogP contribution in [0.1, 0.15) is 21.6 Å². The Bertz CT molecular complexity index is 1090. The van der Waals surface area contributed by atoms with Gasteiger partial charge >= 0.3 is 0 Å². The number of fused-ring (bicyclic) bond motifs is 1. The van der Waals surface area contributed by atoms with Gasteiger partial charge in [0.05, 0.1) is 23.8 Å². The largest absolute Gasteiger partial charge is 0.379 e. The Morgan fingerprint density at radius 3 is 2.44 bits per heavy atom. The number of nitrogens with zero attached hydrogens (tertiary/aromatic N) is 2. The van der Waals surface area contributed by atoms with Crippen LogP contribution in [0.15, 0.2) is 59.6 Å². The zero-order valence-electron chi connectivity index (χ0n) is 15.0. The number of sulfonamides is 1. The fraction of sp³-hybridized carbons (Fsp3) is 0.250. The first kappa shape index (κ1) is 17.9. The van der Waals surface area contributed by atoms with E-state index in [1.165, 1.54) is 16.4 Å². The molecule has 140 valence electrons. The molecule has 0 aliphatic carbocycles. The standard InChI is InChI=1S/C20H20N2O4S/c1-15-14-17-4-2-3-9-22(17)19(15)20(23)16-5-7-18(8-6-16)27(24,25)21-10-12-26-13-11-21/h2-9,14H,10-13H2,1H3. The van der Waals surface area contributed by atoms with Gasteiger partial charge in [-0.3, -0.25) is 4.79 Å². The molecule has 27 heavy (non-hydrogen) atoms. The van der Waals surface area contributed by atoms with E-state index in [2.05, 4.69) is 0 Å². The molecule has 1 aromatic carbocycles. The van der Waals surface area contributed by atoms with Crippen LogP contribution in [0.3, 0.4) is 0 Å². The van der Waals surface area contributed by atoms with Crippen molar-refractivity contribution in [2.24, 2.45) is 0 Å². The molecule has 0 saturated carbocycles. The second-order valence-corrected chi connectivity index (χ2v) is 8.48. The van der Waals surface area contributed by atoms with E-state index in [9.17, 15) is 13.2 Å². The summed E-state index contributed by atoms with van der Waals surface area (Å²) in [6.45, 7) is 3.39. The van der Waals surface area contributed by atoms with Crippen LogP contribution in [-0.4, -0.2) is 49.2 Å². The summed E-state index contributed by atoms with van der Waals surface area (Å²) in [5.74, 6) is -0.131. The predicted octanol–water partition coefficient (Wildman–Crippen LogP) is 2.50. The Morgan fingerprint density at radius 1 is 1.04 bits per heavy atom. The van der Waals surface area contributed by atoms with Crippen molar-refractivity contribution in [1.82, 2.24) is 8.71 Å². The van der Waals surface area contributed by atoms with Crippen LogP contribution in [0.2, 0.25) is 0 Å². The average Bonchev–Trinajstić information content (AvgIpc) is 3.04. The molecule has 0 bridgehead atoms. The number of aromatic nitrogens is 1. The molecular weight excluding hydrogens is 364 g/mol. The Hall–Kier alpha value is -2.48. The first-order chi connectivity index (χ1) is 13.0. The first-order valence-corrected chi connectivity index (χ1v) is 10.2. The Balaban J connectivity index is 1.66. The third-order valence-electron chi connectivity index (χ3n) is 4.81. The van der Waals surface area contributed by atoms with E-state index in [1.54, 1.807) is 12.1 Å². The summed E-state index contributed by atoms with van der Waals surface area (Å²) in [6.07, 6.45) is 1.85. The fourth-order valence-corrected chi connectivity index (χ4v) is 4.81. The number of carbonyl (C=O) groups excluding carboxylic acids is 1. The van der Waals surface area contributed by atoms with Crippen LogP contribution in [0, 0.1) is 6.92 Å². The van der Waals surface area contributed by atoms with Crippen molar-refractivity contribution >= 4 is 21.3 Å². The van der Waals surface area contributed by atoms with Crippen LogP contribution >= 0.6 is 0 Å². The summed E-state index contributed by atoms with van der Waals surface area (Å²) in [6, 6.07) is 13.9. The van der Waals surface area contributed by atoms with Gasteiger partial charge in [-0.1, -0.05) is 6.07 Å². The number of hydrogen-bond acceptors (Lipinski definition) is 4. The number of benzene rings is 1. The minimum atomic E-state index is -3.56. The fourth-order valence-electron chi connectivity index (χ4n) is 3.40. The van der Waals surface area contributed by atoms with Crippen molar-refractivity contribution in [3.63, 3.8) is 0 Å². The maximum absolute atomic E-state index is 13.0. The zero-order valence-corrected chi connectivity index (χ0v) is 15.8. The number of rotatable bonds is 4. The van der Waals surface area contributed by atoms with Gasteiger partial charge in [-0.2, -0.15) is 4.31 Å². The van der Waals surface area contributed by atoms with E-state index in [4.69, 9.17) is 4.74 Å². The van der Waals surface area contributed by atoms with Crippen LogP contribution in [0.25, 0.3) is 5.52 Å². The number of pyridine rings is 1. The molecule has 1 aliphatic rings. The van der Waals surface area contributed by atoms with E-state index in [1.807, 2.05) is 41.8 Å². The lowest BCUT2D eigenvalue weighted by Gasteiger charge is -2.26. The Morgan fingerprint density at radius 2 is 1.74 bits per heavy atom. The second-order valence-electron chi connectivity index (χ2n) is 6.54. The molecule has 1 saturated heterocycles. The van der Waals surface area contributed by atoms with Gasteiger partial charge in [0.25, 0.3) is 0 Å². The Labute approximate surface area is 158 Å². The second kappa shape index (κ2) is 6.92. The molecule has 0 unspecified atom stereocenters. The monoisotopic (exact) mass is 384 g/mol. The van der Waals surface area contributed by atoms with Gasteiger partial charge in [0.1, 0.15) is 0 Å². The van der Waals surface area contributed by atoms with E-state index in [-0.39, 0.29) is 10.7 Å². The molecule has 0 atom stereocenters. The van der Waals surface area contributed by atoms with Gasteiger partial charge in [-0.25, -0.2) is 8.42 Å². The summed E-state index contributed by atoms with van der Waals surface area (Å²) >= 11 is 0. The minimum Gasteiger partial charge on any atom is -0.379 e. The molecule has 0 radical (unpaired) electrons. The lowest BCUT2D eigenvalue weighted by Crippen LogP contribution is -2.40. The highest BCUT2D eigenvalue weighted by molar-refractivity contribution is 7.89. The van der Waals surface area contributed by atoms with Crippen molar-refractivity contribution < 1.29 is 17.9 Å². The van der Waals surface area contributed by atoms with Gasteiger partial charge in [-0.15, -0.1) is 0 Å². The van der Waals surface area contributed by atoms with Gasteiger partial charge in [-0.05, 0) is 55.0 Å². The van der Waals surface area contributed by atoms with Crippen LogP contribution in [-0.2, 0) is 14.8 Å². The number of morpholine rings is 1. The summed E-state index contributed by atoms with van der Waals surface area (Å²) in [5, 5.41) is 0. The van der Waals surface area contributed by atoms with Crippen molar-refractivity contribution in [3.8, 4) is 0 Å². The topological polar surface area (TPSA) is 68.1 Å². The van der Waals surface area contributed by atoms with Gasteiger partial charge in [0.2, 0.25) is 15.8 Å². The van der Waals surface area contributed by atoms with Gasteiger partial charge in [0, 0.05) is 30.4 Å².